The highest BCUT2D eigenvalue weighted by molar-refractivity contribution is 7.98. The molecule has 0 saturated carbocycles. The van der Waals surface area contributed by atoms with E-state index in [1.807, 2.05) is 59.3 Å². The zero-order valence-electron chi connectivity index (χ0n) is 15.5. The van der Waals surface area contributed by atoms with Gasteiger partial charge in [-0.3, -0.25) is 9.59 Å². The van der Waals surface area contributed by atoms with E-state index in [0.29, 0.717) is 31.5 Å². The van der Waals surface area contributed by atoms with Crippen molar-refractivity contribution < 1.29 is 9.59 Å². The van der Waals surface area contributed by atoms with Gasteiger partial charge >= 0.3 is 0 Å². The van der Waals surface area contributed by atoms with Crippen LogP contribution in [0, 0.1) is 5.92 Å². The molecule has 0 bridgehead atoms. The van der Waals surface area contributed by atoms with Crippen LogP contribution in [0.3, 0.4) is 0 Å². The third kappa shape index (κ3) is 4.04. The smallest absolute Gasteiger partial charge is 0.253 e. The predicted octanol–water partition coefficient (Wildman–Crippen LogP) is 2.96. The number of primary amides is 1. The molecule has 2 N–H and O–H groups in total. The van der Waals surface area contributed by atoms with Crippen molar-refractivity contribution in [2.45, 2.75) is 23.5 Å². The Bertz CT molecular complexity index is 958. The molecule has 144 valence electrons. The number of amides is 2. The number of carbonyl (C=O) groups is 2. The van der Waals surface area contributed by atoms with Gasteiger partial charge in [-0.05, 0) is 49.2 Å². The fourth-order valence-electron chi connectivity index (χ4n) is 3.46. The number of fused-ring (bicyclic) bond motifs is 1. The van der Waals surface area contributed by atoms with E-state index in [2.05, 4.69) is 4.98 Å². The van der Waals surface area contributed by atoms with Crippen LogP contribution in [0.15, 0.2) is 59.8 Å². The molecular weight excluding hydrogens is 372 g/mol. The Morgan fingerprint density at radius 3 is 2.54 bits per heavy atom. The highest BCUT2D eigenvalue weighted by Crippen LogP contribution is 2.24. The summed E-state index contributed by atoms with van der Waals surface area (Å²) in [5.74, 6) is 0.414. The van der Waals surface area contributed by atoms with Gasteiger partial charge in [-0.1, -0.05) is 6.07 Å². The molecule has 2 aromatic heterocycles. The lowest BCUT2D eigenvalue weighted by Crippen LogP contribution is -2.41. The van der Waals surface area contributed by atoms with Gasteiger partial charge in [-0.2, -0.15) is 0 Å². The number of hydrogen-bond donors (Lipinski definition) is 1. The molecule has 0 spiro atoms. The Morgan fingerprint density at radius 2 is 1.86 bits per heavy atom. The molecule has 1 saturated heterocycles. The molecule has 1 fully saturated rings. The van der Waals surface area contributed by atoms with Crippen LogP contribution >= 0.6 is 11.8 Å². The van der Waals surface area contributed by atoms with Gasteiger partial charge in [0.05, 0.1) is 5.69 Å². The zero-order valence-corrected chi connectivity index (χ0v) is 16.3. The SMILES string of the molecule is NC(=O)C1CCN(C(=O)c2ccc(SCc3cn4ccccc4n3)cc2)CC1. The molecule has 0 unspecified atom stereocenters. The summed E-state index contributed by atoms with van der Waals surface area (Å²) in [4.78, 5) is 31.4. The zero-order chi connectivity index (χ0) is 19.5. The number of carbonyl (C=O) groups excluding carboxylic acids is 2. The van der Waals surface area contributed by atoms with E-state index in [-0.39, 0.29) is 17.7 Å². The van der Waals surface area contributed by atoms with Crippen molar-refractivity contribution in [1.29, 1.82) is 0 Å². The molecule has 1 aromatic carbocycles. The first-order valence-corrected chi connectivity index (χ1v) is 10.3. The number of hydrogen-bond acceptors (Lipinski definition) is 4. The standard InChI is InChI=1S/C21H22N4O2S/c22-20(26)15-8-11-24(12-9-15)21(27)16-4-6-18(7-5-16)28-14-17-13-25-10-2-1-3-19(25)23-17/h1-7,10,13,15H,8-9,11-12,14H2,(H2,22,26). The van der Waals surface area contributed by atoms with Crippen molar-refractivity contribution in [3.63, 3.8) is 0 Å². The quantitative estimate of drug-likeness (QED) is 0.675. The van der Waals surface area contributed by atoms with E-state index >= 15 is 0 Å². The number of imidazole rings is 1. The minimum atomic E-state index is -0.265. The minimum absolute atomic E-state index is 0.0137. The number of benzene rings is 1. The van der Waals surface area contributed by atoms with Crippen LogP contribution in [-0.2, 0) is 10.5 Å². The molecule has 0 aliphatic carbocycles. The molecule has 1 aliphatic rings. The fraction of sp³-hybridized carbons (Fsp3) is 0.286. The first-order valence-electron chi connectivity index (χ1n) is 9.34. The van der Waals surface area contributed by atoms with Crippen LogP contribution < -0.4 is 5.73 Å². The van der Waals surface area contributed by atoms with Crippen molar-refractivity contribution >= 4 is 29.2 Å². The average molecular weight is 395 g/mol. The fourth-order valence-corrected chi connectivity index (χ4v) is 4.24. The predicted molar refractivity (Wildman–Crippen MR) is 109 cm³/mol. The molecule has 3 aromatic rings. The lowest BCUT2D eigenvalue weighted by Gasteiger charge is -2.30. The first kappa shape index (κ1) is 18.6. The van der Waals surface area contributed by atoms with Crippen molar-refractivity contribution in [2.24, 2.45) is 11.7 Å². The van der Waals surface area contributed by atoms with Gasteiger partial charge in [0.2, 0.25) is 5.91 Å². The van der Waals surface area contributed by atoms with Crippen LogP contribution in [0.5, 0.6) is 0 Å². The van der Waals surface area contributed by atoms with Gasteiger partial charge in [0.25, 0.3) is 5.91 Å². The Labute approximate surface area is 167 Å². The molecule has 7 heteroatoms. The van der Waals surface area contributed by atoms with Crippen molar-refractivity contribution in [2.75, 3.05) is 13.1 Å². The number of likely N-dealkylation sites (tertiary alicyclic amines) is 1. The van der Waals surface area contributed by atoms with Crippen molar-refractivity contribution in [1.82, 2.24) is 14.3 Å². The second-order valence-corrected chi connectivity index (χ2v) is 8.03. The van der Waals surface area contributed by atoms with Gasteiger partial charge in [-0.15, -0.1) is 11.8 Å². The monoisotopic (exact) mass is 394 g/mol. The van der Waals surface area contributed by atoms with Crippen LogP contribution in [0.2, 0.25) is 0 Å². The maximum atomic E-state index is 12.7. The molecule has 1 aliphatic heterocycles. The number of nitrogens with two attached hydrogens (primary N) is 1. The highest BCUT2D eigenvalue weighted by atomic mass is 32.2. The van der Waals surface area contributed by atoms with Crippen LogP contribution in [-0.4, -0.2) is 39.2 Å². The third-order valence-corrected chi connectivity index (χ3v) is 6.13. The summed E-state index contributed by atoms with van der Waals surface area (Å²) >= 11 is 1.70. The molecule has 0 radical (unpaired) electrons. The van der Waals surface area contributed by atoms with Gasteiger partial charge in [0.1, 0.15) is 5.65 Å². The summed E-state index contributed by atoms with van der Waals surface area (Å²) in [6, 6.07) is 13.6. The number of pyridine rings is 1. The van der Waals surface area contributed by atoms with Crippen LogP contribution in [0.1, 0.15) is 28.9 Å². The average Bonchev–Trinajstić information content (AvgIpc) is 3.15. The summed E-state index contributed by atoms with van der Waals surface area (Å²) in [5, 5.41) is 0. The van der Waals surface area contributed by atoms with E-state index in [9.17, 15) is 9.59 Å². The summed E-state index contributed by atoms with van der Waals surface area (Å²) < 4.78 is 2.01. The Morgan fingerprint density at radius 1 is 1.11 bits per heavy atom. The third-order valence-electron chi connectivity index (χ3n) is 5.09. The molecule has 0 atom stereocenters. The number of nitrogens with zero attached hydrogens (tertiary/aromatic N) is 3. The van der Waals surface area contributed by atoms with Crippen LogP contribution in [0.25, 0.3) is 5.65 Å². The van der Waals surface area contributed by atoms with Gasteiger partial charge in [0.15, 0.2) is 0 Å². The maximum absolute atomic E-state index is 12.7. The van der Waals surface area contributed by atoms with Crippen LogP contribution in [0.4, 0.5) is 0 Å². The van der Waals surface area contributed by atoms with Gasteiger partial charge in [-0.25, -0.2) is 4.98 Å². The Balaban J connectivity index is 1.34. The molecule has 6 nitrogen and oxygen atoms in total. The van der Waals surface area contributed by atoms with E-state index < -0.39 is 0 Å². The molecule has 3 heterocycles. The van der Waals surface area contributed by atoms with Gasteiger partial charge in [0, 0.05) is 47.6 Å². The highest BCUT2D eigenvalue weighted by Gasteiger charge is 2.26. The van der Waals surface area contributed by atoms with Gasteiger partial charge < -0.3 is 15.0 Å². The largest absolute Gasteiger partial charge is 0.369 e. The minimum Gasteiger partial charge on any atom is -0.369 e. The Hall–Kier alpha value is -2.80. The van der Waals surface area contributed by atoms with E-state index in [4.69, 9.17) is 5.73 Å². The summed E-state index contributed by atoms with van der Waals surface area (Å²) in [7, 11) is 0. The maximum Gasteiger partial charge on any atom is 0.253 e. The van der Waals surface area contributed by atoms with E-state index in [0.717, 1.165) is 22.0 Å². The number of thioether (sulfide) groups is 1. The molecular formula is C21H22N4O2S. The van der Waals surface area contributed by atoms with E-state index in [1.165, 1.54) is 0 Å². The van der Waals surface area contributed by atoms with Crippen molar-refractivity contribution in [3.8, 4) is 0 Å². The number of rotatable bonds is 5. The normalized spacial score (nSPS) is 15.1. The second-order valence-electron chi connectivity index (χ2n) is 6.98. The lowest BCUT2D eigenvalue weighted by atomic mass is 9.96. The molecule has 28 heavy (non-hydrogen) atoms. The number of piperidine rings is 1. The van der Waals surface area contributed by atoms with Crippen molar-refractivity contribution in [3.05, 3.63) is 66.1 Å². The summed E-state index contributed by atoms with van der Waals surface area (Å²) in [6.07, 6.45) is 5.32. The topological polar surface area (TPSA) is 80.7 Å². The molecule has 2 amide bonds. The lowest BCUT2D eigenvalue weighted by molar-refractivity contribution is -0.123. The molecule has 4 rings (SSSR count). The summed E-state index contributed by atoms with van der Waals surface area (Å²) in [5.41, 5.74) is 8.00. The number of aromatic nitrogens is 2. The first-order chi connectivity index (χ1) is 13.6. The second kappa shape index (κ2) is 8.06. The Kier molecular flexibility index (Phi) is 5.34. The van der Waals surface area contributed by atoms with E-state index in [1.54, 1.807) is 16.7 Å². The summed E-state index contributed by atoms with van der Waals surface area (Å²) in [6.45, 7) is 1.16.